The highest BCUT2D eigenvalue weighted by atomic mass is 32.1. The van der Waals surface area contributed by atoms with Gasteiger partial charge in [0.15, 0.2) is 0 Å². The van der Waals surface area contributed by atoms with Crippen molar-refractivity contribution < 1.29 is 9.53 Å². The van der Waals surface area contributed by atoms with E-state index in [-0.39, 0.29) is 5.78 Å². The Bertz CT molecular complexity index is 555. The van der Waals surface area contributed by atoms with Crippen LogP contribution in [-0.2, 0) is 0 Å². The molecule has 0 bridgehead atoms. The molecule has 2 aromatic rings. The minimum atomic E-state index is 0.0776. The Hall–Kier alpha value is -1.61. The van der Waals surface area contributed by atoms with Crippen LogP contribution in [0.1, 0.15) is 25.7 Å². The van der Waals surface area contributed by atoms with Crippen molar-refractivity contribution in [2.24, 2.45) is 0 Å². The Kier molecular flexibility index (Phi) is 3.29. The predicted molar refractivity (Wildman–Crippen MR) is 70.2 cm³/mol. The van der Waals surface area contributed by atoms with Crippen molar-refractivity contribution in [3.63, 3.8) is 0 Å². The lowest BCUT2D eigenvalue weighted by Gasteiger charge is -2.05. The minimum Gasteiger partial charge on any atom is -0.496 e. The van der Waals surface area contributed by atoms with Crippen molar-refractivity contribution in [2.45, 2.75) is 13.8 Å². The number of thiophene rings is 1. The summed E-state index contributed by atoms with van der Waals surface area (Å²) in [4.78, 5) is 14.1. The number of rotatable bonds is 3. The maximum atomic E-state index is 12.2. The standard InChI is InChI=1S/C14H14O2S/c1-9-8-11(5-6-12(9)16-3)14(15)13-7-4-10(2)17-13/h4-8H,1-3H3. The summed E-state index contributed by atoms with van der Waals surface area (Å²) in [7, 11) is 1.63. The second-order valence-electron chi connectivity index (χ2n) is 3.92. The van der Waals surface area contributed by atoms with Crippen LogP contribution in [0.4, 0.5) is 0 Å². The maximum Gasteiger partial charge on any atom is 0.202 e. The zero-order chi connectivity index (χ0) is 12.4. The molecule has 88 valence electrons. The summed E-state index contributed by atoms with van der Waals surface area (Å²) in [6.07, 6.45) is 0. The van der Waals surface area contributed by atoms with Crippen LogP contribution in [0.25, 0.3) is 0 Å². The van der Waals surface area contributed by atoms with E-state index in [1.165, 1.54) is 11.3 Å². The number of hydrogen-bond acceptors (Lipinski definition) is 3. The largest absolute Gasteiger partial charge is 0.496 e. The van der Waals surface area contributed by atoms with Gasteiger partial charge in [-0.15, -0.1) is 11.3 Å². The molecule has 0 unspecified atom stereocenters. The predicted octanol–water partition coefficient (Wildman–Crippen LogP) is 3.60. The van der Waals surface area contributed by atoms with E-state index < -0.39 is 0 Å². The minimum absolute atomic E-state index is 0.0776. The Morgan fingerprint density at radius 3 is 2.47 bits per heavy atom. The number of benzene rings is 1. The van der Waals surface area contributed by atoms with Gasteiger partial charge in [0.25, 0.3) is 0 Å². The molecule has 0 aliphatic heterocycles. The molecule has 0 saturated heterocycles. The summed E-state index contributed by atoms with van der Waals surface area (Å²) in [5, 5.41) is 0. The van der Waals surface area contributed by atoms with Gasteiger partial charge in [-0.3, -0.25) is 4.79 Å². The quantitative estimate of drug-likeness (QED) is 0.773. The smallest absolute Gasteiger partial charge is 0.202 e. The first-order valence-corrected chi connectivity index (χ1v) is 6.19. The first-order chi connectivity index (χ1) is 8.11. The van der Waals surface area contributed by atoms with Crippen molar-refractivity contribution in [3.05, 3.63) is 51.2 Å². The molecule has 17 heavy (non-hydrogen) atoms. The normalized spacial score (nSPS) is 10.3. The van der Waals surface area contributed by atoms with Crippen molar-refractivity contribution in [1.82, 2.24) is 0 Å². The SMILES string of the molecule is COc1ccc(C(=O)c2ccc(C)s2)cc1C. The van der Waals surface area contributed by atoms with Crippen LogP contribution in [0.3, 0.4) is 0 Å². The Morgan fingerprint density at radius 2 is 1.94 bits per heavy atom. The summed E-state index contributed by atoms with van der Waals surface area (Å²) in [5.41, 5.74) is 1.69. The van der Waals surface area contributed by atoms with Gasteiger partial charge in [0.2, 0.25) is 5.78 Å². The summed E-state index contributed by atoms with van der Waals surface area (Å²) in [6, 6.07) is 9.36. The Morgan fingerprint density at radius 1 is 1.18 bits per heavy atom. The van der Waals surface area contributed by atoms with Crippen LogP contribution in [0.5, 0.6) is 5.75 Å². The van der Waals surface area contributed by atoms with E-state index in [0.29, 0.717) is 5.56 Å². The molecule has 0 radical (unpaired) electrons. The fourth-order valence-corrected chi connectivity index (χ4v) is 2.55. The monoisotopic (exact) mass is 246 g/mol. The van der Waals surface area contributed by atoms with E-state index >= 15 is 0 Å². The molecule has 0 aliphatic carbocycles. The lowest BCUT2D eigenvalue weighted by Crippen LogP contribution is -1.99. The van der Waals surface area contributed by atoms with Gasteiger partial charge in [0.05, 0.1) is 12.0 Å². The zero-order valence-electron chi connectivity index (χ0n) is 10.1. The van der Waals surface area contributed by atoms with Gasteiger partial charge in [-0.2, -0.15) is 0 Å². The third-order valence-electron chi connectivity index (χ3n) is 2.62. The molecule has 0 aliphatic rings. The Balaban J connectivity index is 2.35. The van der Waals surface area contributed by atoms with Gasteiger partial charge in [-0.1, -0.05) is 0 Å². The highest BCUT2D eigenvalue weighted by Crippen LogP contribution is 2.23. The van der Waals surface area contributed by atoms with Crippen LogP contribution >= 0.6 is 11.3 Å². The highest BCUT2D eigenvalue weighted by Gasteiger charge is 2.12. The van der Waals surface area contributed by atoms with E-state index in [2.05, 4.69) is 0 Å². The van der Waals surface area contributed by atoms with Gasteiger partial charge in [0.1, 0.15) is 5.75 Å². The van der Waals surface area contributed by atoms with Crippen LogP contribution in [-0.4, -0.2) is 12.9 Å². The number of aryl methyl sites for hydroxylation is 2. The van der Waals surface area contributed by atoms with E-state index in [9.17, 15) is 4.79 Å². The molecule has 1 aromatic carbocycles. The van der Waals surface area contributed by atoms with Gasteiger partial charge >= 0.3 is 0 Å². The maximum absolute atomic E-state index is 12.2. The third-order valence-corrected chi connectivity index (χ3v) is 3.62. The summed E-state index contributed by atoms with van der Waals surface area (Å²) in [5.74, 6) is 0.887. The van der Waals surface area contributed by atoms with Crippen LogP contribution in [0, 0.1) is 13.8 Å². The number of carbonyl (C=O) groups excluding carboxylic acids is 1. The molecular weight excluding hydrogens is 232 g/mol. The summed E-state index contributed by atoms with van der Waals surface area (Å²) < 4.78 is 5.18. The van der Waals surface area contributed by atoms with Gasteiger partial charge < -0.3 is 4.74 Å². The molecule has 1 aromatic heterocycles. The number of carbonyl (C=O) groups is 1. The fourth-order valence-electron chi connectivity index (χ4n) is 1.72. The third kappa shape index (κ3) is 2.39. The lowest BCUT2D eigenvalue weighted by atomic mass is 10.1. The van der Waals surface area contributed by atoms with Crippen molar-refractivity contribution in [2.75, 3.05) is 7.11 Å². The highest BCUT2D eigenvalue weighted by molar-refractivity contribution is 7.14. The van der Waals surface area contributed by atoms with Gasteiger partial charge in [-0.05, 0) is 49.7 Å². The van der Waals surface area contributed by atoms with Crippen LogP contribution < -0.4 is 4.74 Å². The zero-order valence-corrected chi connectivity index (χ0v) is 10.9. The fraction of sp³-hybridized carbons (Fsp3) is 0.214. The second kappa shape index (κ2) is 4.72. The second-order valence-corrected chi connectivity index (χ2v) is 5.21. The molecule has 0 spiro atoms. The molecule has 0 amide bonds. The number of ether oxygens (including phenoxy) is 1. The van der Waals surface area contributed by atoms with E-state index in [4.69, 9.17) is 4.74 Å². The topological polar surface area (TPSA) is 26.3 Å². The van der Waals surface area contributed by atoms with Crippen molar-refractivity contribution >= 4 is 17.1 Å². The number of hydrogen-bond donors (Lipinski definition) is 0. The molecule has 0 N–H and O–H groups in total. The van der Waals surface area contributed by atoms with Crippen LogP contribution in [0.2, 0.25) is 0 Å². The van der Waals surface area contributed by atoms with E-state index in [1.807, 2.05) is 44.2 Å². The van der Waals surface area contributed by atoms with Gasteiger partial charge in [0, 0.05) is 10.4 Å². The van der Waals surface area contributed by atoms with E-state index in [1.54, 1.807) is 7.11 Å². The number of methoxy groups -OCH3 is 1. The van der Waals surface area contributed by atoms with Crippen LogP contribution in [0.15, 0.2) is 30.3 Å². The summed E-state index contributed by atoms with van der Waals surface area (Å²) >= 11 is 1.53. The first-order valence-electron chi connectivity index (χ1n) is 5.37. The molecule has 2 nitrogen and oxygen atoms in total. The average Bonchev–Trinajstić information content (AvgIpc) is 2.75. The summed E-state index contributed by atoms with van der Waals surface area (Å²) in [6.45, 7) is 3.94. The molecule has 0 fully saturated rings. The Labute approximate surface area is 105 Å². The number of ketones is 1. The molecule has 0 atom stereocenters. The molecule has 2 rings (SSSR count). The van der Waals surface area contributed by atoms with E-state index in [0.717, 1.165) is 21.1 Å². The molecule has 0 saturated carbocycles. The van der Waals surface area contributed by atoms with Crippen molar-refractivity contribution in [1.29, 1.82) is 0 Å². The lowest BCUT2D eigenvalue weighted by molar-refractivity contribution is 0.104. The molecule has 3 heteroatoms. The average molecular weight is 246 g/mol. The molecular formula is C14H14O2S. The first kappa shape index (κ1) is 11.9. The molecule has 1 heterocycles. The van der Waals surface area contributed by atoms with Crippen molar-refractivity contribution in [3.8, 4) is 5.75 Å². The van der Waals surface area contributed by atoms with Gasteiger partial charge in [-0.25, -0.2) is 0 Å².